The highest BCUT2D eigenvalue weighted by atomic mass is 35.5. The van der Waals surface area contributed by atoms with E-state index in [1.165, 1.54) is 0 Å². The number of benzene rings is 3. The second-order valence-corrected chi connectivity index (χ2v) is 9.58. The summed E-state index contributed by atoms with van der Waals surface area (Å²) in [5, 5.41) is 3.65. The number of hydrogen-bond acceptors (Lipinski definition) is 4. The van der Waals surface area contributed by atoms with E-state index in [-0.39, 0.29) is 30.8 Å². The van der Waals surface area contributed by atoms with Crippen molar-refractivity contribution in [2.24, 2.45) is 0 Å². The molecule has 6 nitrogen and oxygen atoms in total. The summed E-state index contributed by atoms with van der Waals surface area (Å²) in [5.74, 6) is 1.12. The highest BCUT2D eigenvalue weighted by Crippen LogP contribution is 2.20. The summed E-state index contributed by atoms with van der Waals surface area (Å²) in [5.41, 5.74) is 1.88. The minimum absolute atomic E-state index is 0.0488. The summed E-state index contributed by atoms with van der Waals surface area (Å²) in [7, 11) is 1.61. The molecule has 1 atom stereocenters. The second kappa shape index (κ2) is 14.3. The fourth-order valence-electron chi connectivity index (χ4n) is 3.99. The standard InChI is InChI=1S/C30H35ClN2O4/c1-22(2)32-30(35)28(20-23-9-5-4-6-10-23)33(21-24-11-7-12-27(19-24)36-3)29(34)13-8-18-37-26-16-14-25(31)15-17-26/h4-7,9-12,14-17,19,22,28H,8,13,18,20-21H2,1-3H3,(H,32,35). The number of amides is 2. The highest BCUT2D eigenvalue weighted by molar-refractivity contribution is 6.30. The molecule has 0 saturated carbocycles. The Morgan fingerprint density at radius 3 is 2.30 bits per heavy atom. The molecule has 3 aromatic carbocycles. The van der Waals surface area contributed by atoms with Gasteiger partial charge in [0.2, 0.25) is 11.8 Å². The highest BCUT2D eigenvalue weighted by Gasteiger charge is 2.30. The Morgan fingerprint density at radius 2 is 1.62 bits per heavy atom. The summed E-state index contributed by atoms with van der Waals surface area (Å²) in [6.45, 7) is 4.50. The molecule has 0 heterocycles. The third kappa shape index (κ3) is 9.14. The molecule has 1 unspecified atom stereocenters. The van der Waals surface area contributed by atoms with Gasteiger partial charge in [-0.2, -0.15) is 0 Å². The molecule has 0 radical (unpaired) electrons. The maximum atomic E-state index is 13.6. The summed E-state index contributed by atoms with van der Waals surface area (Å²) >= 11 is 5.93. The van der Waals surface area contributed by atoms with Crippen molar-refractivity contribution in [1.82, 2.24) is 10.2 Å². The molecule has 3 rings (SSSR count). The molecule has 0 spiro atoms. The van der Waals surface area contributed by atoms with Crippen LogP contribution in [0.25, 0.3) is 0 Å². The van der Waals surface area contributed by atoms with Crippen molar-refractivity contribution in [3.63, 3.8) is 0 Å². The molecule has 3 aromatic rings. The molecule has 0 aliphatic rings. The number of nitrogens with zero attached hydrogens (tertiary/aromatic N) is 1. The van der Waals surface area contributed by atoms with Gasteiger partial charge in [0.05, 0.1) is 13.7 Å². The lowest BCUT2D eigenvalue weighted by Crippen LogP contribution is -2.51. The van der Waals surface area contributed by atoms with Gasteiger partial charge in [0.1, 0.15) is 17.5 Å². The maximum Gasteiger partial charge on any atom is 0.243 e. The van der Waals surface area contributed by atoms with Gasteiger partial charge < -0.3 is 19.7 Å². The van der Waals surface area contributed by atoms with E-state index in [0.717, 1.165) is 11.1 Å². The fourth-order valence-corrected chi connectivity index (χ4v) is 4.12. The molecule has 1 N–H and O–H groups in total. The summed E-state index contributed by atoms with van der Waals surface area (Å²) in [4.78, 5) is 28.7. The normalized spacial score (nSPS) is 11.6. The van der Waals surface area contributed by atoms with Gasteiger partial charge in [-0.3, -0.25) is 9.59 Å². The zero-order chi connectivity index (χ0) is 26.6. The first-order valence-electron chi connectivity index (χ1n) is 12.5. The predicted octanol–water partition coefficient (Wildman–Crippen LogP) is 5.67. The molecule has 37 heavy (non-hydrogen) atoms. The van der Waals surface area contributed by atoms with E-state index in [0.29, 0.717) is 36.0 Å². The average molecular weight is 523 g/mol. The van der Waals surface area contributed by atoms with Crippen LogP contribution in [0, 0.1) is 0 Å². The van der Waals surface area contributed by atoms with Crippen molar-refractivity contribution in [3.8, 4) is 11.5 Å². The topological polar surface area (TPSA) is 67.9 Å². The lowest BCUT2D eigenvalue weighted by atomic mass is 10.0. The Balaban J connectivity index is 1.80. The minimum Gasteiger partial charge on any atom is -0.497 e. The van der Waals surface area contributed by atoms with Gasteiger partial charge in [-0.1, -0.05) is 54.1 Å². The van der Waals surface area contributed by atoms with Crippen LogP contribution in [0.3, 0.4) is 0 Å². The number of ether oxygens (including phenoxy) is 2. The van der Waals surface area contributed by atoms with Crippen molar-refractivity contribution < 1.29 is 19.1 Å². The number of carbonyl (C=O) groups is 2. The van der Waals surface area contributed by atoms with E-state index in [1.54, 1.807) is 36.3 Å². The van der Waals surface area contributed by atoms with Crippen LogP contribution >= 0.6 is 11.6 Å². The van der Waals surface area contributed by atoms with E-state index >= 15 is 0 Å². The molecule has 0 bridgehead atoms. The van der Waals surface area contributed by atoms with Crippen LogP contribution in [0.2, 0.25) is 5.02 Å². The molecule has 7 heteroatoms. The van der Waals surface area contributed by atoms with Crippen LogP contribution in [0.4, 0.5) is 0 Å². The van der Waals surface area contributed by atoms with Gasteiger partial charge in [-0.15, -0.1) is 0 Å². The van der Waals surface area contributed by atoms with Crippen LogP contribution in [0.15, 0.2) is 78.9 Å². The first kappa shape index (κ1) is 28.1. The van der Waals surface area contributed by atoms with Gasteiger partial charge in [0.25, 0.3) is 0 Å². The zero-order valence-electron chi connectivity index (χ0n) is 21.7. The van der Waals surface area contributed by atoms with Crippen molar-refractivity contribution in [2.75, 3.05) is 13.7 Å². The van der Waals surface area contributed by atoms with E-state index in [2.05, 4.69) is 5.32 Å². The Hall–Kier alpha value is -3.51. The lowest BCUT2D eigenvalue weighted by molar-refractivity contribution is -0.141. The van der Waals surface area contributed by atoms with E-state index in [9.17, 15) is 9.59 Å². The van der Waals surface area contributed by atoms with E-state index in [1.807, 2.05) is 68.4 Å². The quantitative estimate of drug-likeness (QED) is 0.294. The fraction of sp³-hybridized carbons (Fsp3) is 0.333. The third-order valence-corrected chi connectivity index (χ3v) is 6.06. The first-order chi connectivity index (χ1) is 17.9. The van der Waals surface area contributed by atoms with Crippen LogP contribution < -0.4 is 14.8 Å². The molecule has 0 fully saturated rings. The van der Waals surface area contributed by atoms with Crippen molar-refractivity contribution in [1.29, 1.82) is 0 Å². The SMILES string of the molecule is COc1cccc(CN(C(=O)CCCOc2ccc(Cl)cc2)C(Cc2ccccc2)C(=O)NC(C)C)c1. The van der Waals surface area contributed by atoms with Crippen LogP contribution in [-0.4, -0.2) is 42.5 Å². The van der Waals surface area contributed by atoms with E-state index < -0.39 is 6.04 Å². The van der Waals surface area contributed by atoms with Crippen LogP contribution in [-0.2, 0) is 22.6 Å². The van der Waals surface area contributed by atoms with Crippen molar-refractivity contribution in [3.05, 3.63) is 95.0 Å². The largest absolute Gasteiger partial charge is 0.497 e. The Labute approximate surface area is 224 Å². The molecule has 0 aromatic heterocycles. The van der Waals surface area contributed by atoms with Gasteiger partial charge in [0.15, 0.2) is 0 Å². The smallest absolute Gasteiger partial charge is 0.243 e. The molecular weight excluding hydrogens is 488 g/mol. The first-order valence-corrected chi connectivity index (χ1v) is 12.9. The summed E-state index contributed by atoms with van der Waals surface area (Å²) in [6.07, 6.45) is 1.17. The zero-order valence-corrected chi connectivity index (χ0v) is 22.4. The van der Waals surface area contributed by atoms with E-state index in [4.69, 9.17) is 21.1 Å². The number of hydrogen-bond donors (Lipinski definition) is 1. The number of halogens is 1. The summed E-state index contributed by atoms with van der Waals surface area (Å²) in [6, 6.07) is 23.7. The van der Waals surface area contributed by atoms with Crippen molar-refractivity contribution in [2.45, 2.75) is 51.7 Å². The number of carbonyl (C=O) groups excluding carboxylic acids is 2. The monoisotopic (exact) mass is 522 g/mol. The molecule has 196 valence electrons. The molecule has 0 aliphatic heterocycles. The number of rotatable bonds is 13. The third-order valence-electron chi connectivity index (χ3n) is 5.81. The van der Waals surface area contributed by atoms with Crippen LogP contribution in [0.5, 0.6) is 11.5 Å². The Bertz CT molecular complexity index is 1140. The Morgan fingerprint density at radius 1 is 0.919 bits per heavy atom. The maximum absolute atomic E-state index is 13.6. The number of nitrogens with one attached hydrogen (secondary N) is 1. The molecule has 0 saturated heterocycles. The molecule has 2 amide bonds. The van der Waals surface area contributed by atoms with Gasteiger partial charge in [0, 0.05) is 30.5 Å². The van der Waals surface area contributed by atoms with Gasteiger partial charge in [-0.25, -0.2) is 0 Å². The lowest BCUT2D eigenvalue weighted by Gasteiger charge is -2.32. The van der Waals surface area contributed by atoms with Crippen LogP contribution in [0.1, 0.15) is 37.8 Å². The Kier molecular flexibility index (Phi) is 10.8. The number of methoxy groups -OCH3 is 1. The molecule has 0 aliphatic carbocycles. The van der Waals surface area contributed by atoms with Gasteiger partial charge >= 0.3 is 0 Å². The minimum atomic E-state index is -0.666. The summed E-state index contributed by atoms with van der Waals surface area (Å²) < 4.78 is 11.1. The predicted molar refractivity (Wildman–Crippen MR) is 147 cm³/mol. The molecular formula is C30H35ClN2O4. The van der Waals surface area contributed by atoms with Crippen molar-refractivity contribution >= 4 is 23.4 Å². The second-order valence-electron chi connectivity index (χ2n) is 9.15. The van der Waals surface area contributed by atoms with Gasteiger partial charge in [-0.05, 0) is 67.8 Å². The average Bonchev–Trinajstić information content (AvgIpc) is 2.89.